The molecule has 0 heterocycles. The first kappa shape index (κ1) is 36.2. The summed E-state index contributed by atoms with van der Waals surface area (Å²) in [4.78, 5) is 12.2. The zero-order chi connectivity index (χ0) is 27.2. The molecule has 0 unspecified atom stereocenters. The van der Waals surface area contributed by atoms with Crippen LogP contribution < -0.4 is 5.32 Å². The molecule has 0 fully saturated rings. The lowest BCUT2D eigenvalue weighted by Gasteiger charge is -2.17. The fraction of sp³-hybridized carbons (Fsp3) is 0.882. The van der Waals surface area contributed by atoms with E-state index in [0.29, 0.717) is 6.42 Å². The number of amides is 1. The highest BCUT2D eigenvalue weighted by atomic mass is 16.3. The van der Waals surface area contributed by atoms with Gasteiger partial charge in [-0.1, -0.05) is 167 Å². The summed E-state index contributed by atoms with van der Waals surface area (Å²) in [7, 11) is 0. The lowest BCUT2D eigenvalue weighted by molar-refractivity contribution is -0.122. The molecule has 3 heteroatoms. The number of nitrogens with one attached hydrogen (secondary N) is 1. The summed E-state index contributed by atoms with van der Waals surface area (Å²) in [5.41, 5.74) is 0. The summed E-state index contributed by atoms with van der Waals surface area (Å²) < 4.78 is 0. The van der Waals surface area contributed by atoms with Crippen LogP contribution in [0.15, 0.2) is 12.2 Å². The third kappa shape index (κ3) is 28.0. The molecule has 1 amide bonds. The first-order valence-electron chi connectivity index (χ1n) is 16.6. The van der Waals surface area contributed by atoms with E-state index in [9.17, 15) is 9.90 Å². The van der Waals surface area contributed by atoms with E-state index in [-0.39, 0.29) is 5.91 Å². The fourth-order valence-corrected chi connectivity index (χ4v) is 4.96. The molecular weight excluding hydrogens is 454 g/mol. The number of rotatable bonds is 29. The summed E-state index contributed by atoms with van der Waals surface area (Å²) in [6.07, 6.45) is 36.5. The first-order valence-corrected chi connectivity index (χ1v) is 16.6. The smallest absolute Gasteiger partial charge is 0.220 e. The highest BCUT2D eigenvalue weighted by Gasteiger charge is 2.13. The van der Waals surface area contributed by atoms with Crippen molar-refractivity contribution < 1.29 is 9.90 Å². The van der Waals surface area contributed by atoms with Crippen LogP contribution >= 0.6 is 0 Å². The minimum atomic E-state index is -0.705. The lowest BCUT2D eigenvalue weighted by atomic mass is 10.0. The van der Waals surface area contributed by atoms with Crippen molar-refractivity contribution in [2.24, 2.45) is 0 Å². The monoisotopic (exact) mass is 521 g/mol. The molecular formula is C34H66NO2. The lowest BCUT2D eigenvalue weighted by Crippen LogP contribution is -2.40. The summed E-state index contributed by atoms with van der Waals surface area (Å²) in [6, 6.07) is -0.469. The third-order valence-corrected chi connectivity index (χ3v) is 7.57. The predicted molar refractivity (Wildman–Crippen MR) is 164 cm³/mol. The maximum absolute atomic E-state index is 12.2. The van der Waals surface area contributed by atoms with E-state index in [1.807, 2.05) is 0 Å². The van der Waals surface area contributed by atoms with Gasteiger partial charge in [0, 0.05) is 6.42 Å². The molecule has 0 aliphatic rings. The summed E-state index contributed by atoms with van der Waals surface area (Å²) in [5, 5.41) is 13.1. The van der Waals surface area contributed by atoms with Crippen LogP contribution in [0.4, 0.5) is 0 Å². The summed E-state index contributed by atoms with van der Waals surface area (Å²) >= 11 is 0. The van der Waals surface area contributed by atoms with Crippen LogP contribution in [0.25, 0.3) is 0 Å². The van der Waals surface area contributed by atoms with Gasteiger partial charge in [-0.2, -0.15) is 0 Å². The number of unbranched alkanes of at least 4 members (excludes halogenated alkanes) is 23. The molecule has 0 bridgehead atoms. The van der Waals surface area contributed by atoms with E-state index in [4.69, 9.17) is 0 Å². The maximum atomic E-state index is 12.2. The molecule has 0 saturated carbocycles. The second-order valence-electron chi connectivity index (χ2n) is 11.4. The molecule has 0 saturated heterocycles. The van der Waals surface area contributed by atoms with Gasteiger partial charge in [-0.3, -0.25) is 4.79 Å². The van der Waals surface area contributed by atoms with Crippen LogP contribution in [0.3, 0.4) is 0 Å². The molecule has 0 aromatic rings. The third-order valence-electron chi connectivity index (χ3n) is 7.57. The number of carbonyl (C=O) groups excluding carboxylic acids is 1. The predicted octanol–water partition coefficient (Wildman–Crippen LogP) is 10.4. The van der Waals surface area contributed by atoms with Crippen molar-refractivity contribution >= 4 is 5.91 Å². The molecule has 2 atom stereocenters. The van der Waals surface area contributed by atoms with Gasteiger partial charge >= 0.3 is 0 Å². The van der Waals surface area contributed by atoms with Crippen molar-refractivity contribution in [1.29, 1.82) is 0 Å². The molecule has 0 aliphatic carbocycles. The molecule has 0 aromatic carbocycles. The van der Waals surface area contributed by atoms with Crippen molar-refractivity contribution in [3.05, 3.63) is 19.1 Å². The van der Waals surface area contributed by atoms with E-state index in [2.05, 4.69) is 32.2 Å². The van der Waals surface area contributed by atoms with Gasteiger partial charge in [0.2, 0.25) is 5.91 Å². The van der Waals surface area contributed by atoms with Gasteiger partial charge in [0.15, 0.2) is 0 Å². The van der Waals surface area contributed by atoms with Crippen LogP contribution in [-0.4, -0.2) is 23.2 Å². The largest absolute Gasteiger partial charge is 0.387 e. The van der Waals surface area contributed by atoms with E-state index < -0.39 is 12.1 Å². The molecule has 0 aliphatic heterocycles. The van der Waals surface area contributed by atoms with Gasteiger partial charge in [-0.05, 0) is 26.2 Å². The van der Waals surface area contributed by atoms with E-state index in [1.54, 1.807) is 6.08 Å². The molecule has 2 N–H and O–H groups in total. The number of aliphatic hydroxyl groups is 1. The minimum absolute atomic E-state index is 0.0147. The van der Waals surface area contributed by atoms with Crippen LogP contribution in [0.5, 0.6) is 0 Å². The Balaban J connectivity index is 3.50. The Hall–Kier alpha value is -0.830. The zero-order valence-electron chi connectivity index (χ0n) is 25.3. The molecule has 3 nitrogen and oxygen atoms in total. The molecule has 219 valence electrons. The summed E-state index contributed by atoms with van der Waals surface area (Å²) in [6.45, 7) is 8.48. The highest BCUT2D eigenvalue weighted by Crippen LogP contribution is 2.14. The zero-order valence-corrected chi connectivity index (χ0v) is 25.3. The van der Waals surface area contributed by atoms with Crippen LogP contribution in [0.2, 0.25) is 0 Å². The van der Waals surface area contributed by atoms with Crippen molar-refractivity contribution in [2.75, 3.05) is 0 Å². The van der Waals surface area contributed by atoms with Crippen molar-refractivity contribution in [3.63, 3.8) is 0 Å². The Morgan fingerprint density at radius 1 is 0.622 bits per heavy atom. The number of hydrogen-bond donors (Lipinski definition) is 2. The quantitative estimate of drug-likeness (QED) is 0.0761. The number of hydrogen-bond acceptors (Lipinski definition) is 2. The molecule has 37 heavy (non-hydrogen) atoms. The minimum Gasteiger partial charge on any atom is -0.387 e. The van der Waals surface area contributed by atoms with E-state index in [0.717, 1.165) is 19.3 Å². The van der Waals surface area contributed by atoms with E-state index >= 15 is 0 Å². The van der Waals surface area contributed by atoms with Crippen molar-refractivity contribution in [1.82, 2.24) is 5.32 Å². The Kier molecular flexibility index (Phi) is 29.1. The highest BCUT2D eigenvalue weighted by molar-refractivity contribution is 5.76. The average molecular weight is 521 g/mol. The normalized spacial score (nSPS) is 13.3. The molecule has 0 aromatic heterocycles. The van der Waals surface area contributed by atoms with Crippen LogP contribution in [-0.2, 0) is 4.79 Å². The maximum Gasteiger partial charge on any atom is 0.220 e. The SMILES string of the molecule is [CH2][C@H](NC(=O)CCCCCCCCCCCCCCC)[C@H](O)/C=C/CCCCCCCCCCCCC. The van der Waals surface area contributed by atoms with E-state index in [1.165, 1.54) is 141 Å². The summed E-state index contributed by atoms with van der Waals surface area (Å²) in [5.74, 6) is 0.0147. The Morgan fingerprint density at radius 2 is 0.973 bits per heavy atom. The van der Waals surface area contributed by atoms with Gasteiger partial charge in [0.25, 0.3) is 0 Å². The van der Waals surface area contributed by atoms with Gasteiger partial charge in [0.05, 0.1) is 12.1 Å². The second kappa shape index (κ2) is 29.7. The Morgan fingerprint density at radius 3 is 1.38 bits per heavy atom. The van der Waals surface area contributed by atoms with Gasteiger partial charge < -0.3 is 10.4 Å². The molecule has 1 radical (unpaired) electrons. The topological polar surface area (TPSA) is 49.3 Å². The molecule has 0 spiro atoms. The van der Waals surface area contributed by atoms with Crippen LogP contribution in [0.1, 0.15) is 181 Å². The van der Waals surface area contributed by atoms with Crippen molar-refractivity contribution in [3.8, 4) is 0 Å². The number of carbonyl (C=O) groups is 1. The fourth-order valence-electron chi connectivity index (χ4n) is 4.96. The average Bonchev–Trinajstić information content (AvgIpc) is 2.89. The van der Waals surface area contributed by atoms with Crippen molar-refractivity contribution in [2.45, 2.75) is 193 Å². The van der Waals surface area contributed by atoms with Gasteiger partial charge in [0.1, 0.15) is 0 Å². The molecule has 0 rings (SSSR count). The van der Waals surface area contributed by atoms with Gasteiger partial charge in [-0.15, -0.1) is 0 Å². The number of aliphatic hydroxyl groups excluding tert-OH is 1. The Bertz CT molecular complexity index is 490. The number of allylic oxidation sites excluding steroid dienone is 1. The standard InChI is InChI=1S/C34H66NO2/c1-4-6-8-10-12-14-16-18-20-22-24-26-28-30-33(36)32(3)35-34(37)31-29-27-25-23-21-19-17-15-13-11-9-7-5-2/h28,30,32-33,36H,3-27,29,31H2,1-2H3,(H,35,37)/b30-28+/t32-,33+/m0/s1. The first-order chi connectivity index (χ1) is 18.1. The van der Waals surface area contributed by atoms with Crippen LogP contribution in [0, 0.1) is 6.92 Å². The second-order valence-corrected chi connectivity index (χ2v) is 11.4. The Labute approximate surface area is 233 Å². The van der Waals surface area contributed by atoms with Gasteiger partial charge in [-0.25, -0.2) is 0 Å².